The molecule has 3 heteroatoms. The van der Waals surface area contributed by atoms with Gasteiger partial charge in [-0.05, 0) is 109 Å². The molecule has 210 valence electrons. The normalized spacial score (nSPS) is 13.3. The monoisotopic (exact) mass is 573 g/mol. The molecule has 8 aromatic rings. The number of hydrogen-bond donors (Lipinski definition) is 0. The van der Waals surface area contributed by atoms with Gasteiger partial charge in [0, 0.05) is 10.8 Å². The zero-order valence-corrected chi connectivity index (χ0v) is 25.0. The Morgan fingerprint density at radius 1 is 0.511 bits per heavy atom. The quantitative estimate of drug-likeness (QED) is 0.153. The lowest BCUT2D eigenvalue weighted by Crippen LogP contribution is -2.15. The van der Waals surface area contributed by atoms with Crippen molar-refractivity contribution in [3.63, 3.8) is 0 Å². The maximum atomic E-state index is 9.49. The molecule has 0 spiro atoms. The van der Waals surface area contributed by atoms with Gasteiger partial charge in [0.1, 0.15) is 0 Å². The van der Waals surface area contributed by atoms with Gasteiger partial charge in [-0.2, -0.15) is 5.26 Å². The first-order valence-corrected chi connectivity index (χ1v) is 15.3. The van der Waals surface area contributed by atoms with E-state index in [4.69, 9.17) is 9.97 Å². The van der Waals surface area contributed by atoms with Crippen molar-refractivity contribution in [2.24, 2.45) is 0 Å². The molecule has 1 heterocycles. The van der Waals surface area contributed by atoms with Gasteiger partial charge in [-0.1, -0.05) is 92.7 Å². The van der Waals surface area contributed by atoms with E-state index in [0.717, 1.165) is 38.6 Å². The van der Waals surface area contributed by atoms with Crippen LogP contribution in [0.5, 0.6) is 0 Å². The average molecular weight is 574 g/mol. The van der Waals surface area contributed by atoms with E-state index in [2.05, 4.69) is 117 Å². The maximum absolute atomic E-state index is 9.49. The van der Waals surface area contributed by atoms with E-state index in [1.165, 1.54) is 49.5 Å². The third-order valence-electron chi connectivity index (χ3n) is 9.64. The van der Waals surface area contributed by atoms with Crippen LogP contribution in [0.1, 0.15) is 30.5 Å². The highest BCUT2D eigenvalue weighted by Crippen LogP contribution is 2.50. The van der Waals surface area contributed by atoms with Crippen LogP contribution in [0.2, 0.25) is 0 Å². The summed E-state index contributed by atoms with van der Waals surface area (Å²) in [6.45, 7) is 4.52. The molecule has 1 aromatic heterocycles. The van der Waals surface area contributed by atoms with Crippen LogP contribution in [0.25, 0.3) is 77.0 Å². The van der Waals surface area contributed by atoms with Crippen LogP contribution in [0.4, 0.5) is 0 Å². The first-order chi connectivity index (χ1) is 22.0. The van der Waals surface area contributed by atoms with Crippen molar-refractivity contribution in [3.05, 3.63) is 144 Å². The largest absolute Gasteiger partial charge is 0.244 e. The van der Waals surface area contributed by atoms with Gasteiger partial charge in [0.15, 0.2) is 0 Å². The van der Waals surface area contributed by atoms with Crippen LogP contribution in [0, 0.1) is 11.3 Å². The Hall–Kier alpha value is -5.85. The fourth-order valence-electron chi connectivity index (χ4n) is 7.27. The van der Waals surface area contributed by atoms with Crippen molar-refractivity contribution in [2.75, 3.05) is 0 Å². The fourth-order valence-corrected chi connectivity index (χ4v) is 7.27. The Labute approximate surface area is 261 Å². The van der Waals surface area contributed by atoms with Crippen molar-refractivity contribution in [1.29, 1.82) is 5.26 Å². The highest BCUT2D eigenvalue weighted by atomic mass is 14.8. The third kappa shape index (κ3) is 3.83. The molecular formula is C42H27N3. The first-order valence-electron chi connectivity index (χ1n) is 15.3. The van der Waals surface area contributed by atoms with Crippen molar-refractivity contribution < 1.29 is 0 Å². The SMILES string of the molecule is CC1(C)c2cc(C#N)ccc2-c2ccc(-c3ccc4cc(-c5cc6nc7ccccc7nc6c6ccccc56)ccc4c3)cc21. The number of benzene rings is 7. The average Bonchev–Trinajstić information content (AvgIpc) is 3.31. The second-order valence-electron chi connectivity index (χ2n) is 12.6. The molecule has 9 rings (SSSR count). The van der Waals surface area contributed by atoms with Crippen molar-refractivity contribution in [3.8, 4) is 39.4 Å². The minimum Gasteiger partial charge on any atom is -0.244 e. The van der Waals surface area contributed by atoms with E-state index in [1.807, 2.05) is 30.3 Å². The second kappa shape index (κ2) is 9.32. The standard InChI is InChI=1S/C42H27N3/c1-42(2)36-19-25(24-43)11-17-32(36)33-18-16-29(22-37(33)42)27-12-13-28-21-30(15-14-26(28)20-27)35-23-40-41(34-8-4-3-7-31(34)35)45-39-10-6-5-9-38(39)44-40/h3-23H,1-2H3. The molecule has 0 saturated heterocycles. The zero-order chi connectivity index (χ0) is 30.3. The van der Waals surface area contributed by atoms with E-state index in [9.17, 15) is 5.26 Å². The Bertz CT molecular complexity index is 2590. The molecular weight excluding hydrogens is 546 g/mol. The number of aromatic nitrogens is 2. The molecule has 0 unspecified atom stereocenters. The predicted octanol–water partition coefficient (Wildman–Crippen LogP) is 10.6. The van der Waals surface area contributed by atoms with Gasteiger partial charge in [0.05, 0.1) is 33.7 Å². The molecule has 0 N–H and O–H groups in total. The van der Waals surface area contributed by atoms with Gasteiger partial charge in [0.25, 0.3) is 0 Å². The highest BCUT2D eigenvalue weighted by Gasteiger charge is 2.35. The summed E-state index contributed by atoms with van der Waals surface area (Å²) in [5, 5.41) is 14.2. The summed E-state index contributed by atoms with van der Waals surface area (Å²) in [4.78, 5) is 10.0. The topological polar surface area (TPSA) is 49.6 Å². The molecule has 1 aliphatic rings. The van der Waals surface area contributed by atoms with Gasteiger partial charge in [-0.3, -0.25) is 0 Å². The Balaban J connectivity index is 1.14. The molecule has 0 atom stereocenters. The number of hydrogen-bond acceptors (Lipinski definition) is 3. The summed E-state index contributed by atoms with van der Waals surface area (Å²) >= 11 is 0. The molecule has 0 saturated carbocycles. The lowest BCUT2D eigenvalue weighted by atomic mass is 9.81. The molecule has 0 aliphatic heterocycles. The first kappa shape index (κ1) is 25.6. The maximum Gasteiger partial charge on any atom is 0.0991 e. The second-order valence-corrected chi connectivity index (χ2v) is 12.6. The number of para-hydroxylation sites is 2. The van der Waals surface area contributed by atoms with Gasteiger partial charge in [0.2, 0.25) is 0 Å². The lowest BCUT2D eigenvalue weighted by molar-refractivity contribution is 0.660. The summed E-state index contributed by atoms with van der Waals surface area (Å²) in [7, 11) is 0. The smallest absolute Gasteiger partial charge is 0.0991 e. The summed E-state index contributed by atoms with van der Waals surface area (Å²) in [5.41, 5.74) is 13.9. The summed E-state index contributed by atoms with van der Waals surface area (Å²) in [6, 6.07) is 47.4. The Kier molecular flexibility index (Phi) is 5.31. The summed E-state index contributed by atoms with van der Waals surface area (Å²) in [6.07, 6.45) is 0. The fraction of sp³-hybridized carbons (Fsp3) is 0.0714. The van der Waals surface area contributed by atoms with Crippen LogP contribution in [0.15, 0.2) is 127 Å². The van der Waals surface area contributed by atoms with Crippen LogP contribution in [-0.2, 0) is 5.41 Å². The Morgan fingerprint density at radius 2 is 1.11 bits per heavy atom. The minimum atomic E-state index is -0.168. The number of nitrogens with zero attached hydrogens (tertiary/aromatic N) is 3. The van der Waals surface area contributed by atoms with Gasteiger partial charge in [-0.15, -0.1) is 0 Å². The highest BCUT2D eigenvalue weighted by molar-refractivity contribution is 6.13. The van der Waals surface area contributed by atoms with E-state index in [0.29, 0.717) is 5.56 Å². The van der Waals surface area contributed by atoms with E-state index < -0.39 is 0 Å². The zero-order valence-electron chi connectivity index (χ0n) is 25.0. The molecule has 0 radical (unpaired) electrons. The number of nitriles is 1. The van der Waals surface area contributed by atoms with Crippen LogP contribution in [0.3, 0.4) is 0 Å². The van der Waals surface area contributed by atoms with Gasteiger partial charge >= 0.3 is 0 Å². The van der Waals surface area contributed by atoms with Gasteiger partial charge < -0.3 is 0 Å². The van der Waals surface area contributed by atoms with Crippen LogP contribution < -0.4 is 0 Å². The van der Waals surface area contributed by atoms with Crippen molar-refractivity contribution in [2.45, 2.75) is 19.3 Å². The molecule has 45 heavy (non-hydrogen) atoms. The number of fused-ring (bicyclic) bond motifs is 8. The van der Waals surface area contributed by atoms with E-state index in [-0.39, 0.29) is 5.41 Å². The molecule has 0 amide bonds. The third-order valence-corrected chi connectivity index (χ3v) is 9.64. The van der Waals surface area contributed by atoms with E-state index >= 15 is 0 Å². The van der Waals surface area contributed by atoms with Crippen molar-refractivity contribution >= 4 is 43.6 Å². The number of rotatable bonds is 2. The molecule has 1 aliphatic carbocycles. The summed E-state index contributed by atoms with van der Waals surface area (Å²) < 4.78 is 0. The van der Waals surface area contributed by atoms with Crippen LogP contribution >= 0.6 is 0 Å². The Morgan fingerprint density at radius 3 is 1.89 bits per heavy atom. The van der Waals surface area contributed by atoms with Crippen molar-refractivity contribution in [1.82, 2.24) is 9.97 Å². The predicted molar refractivity (Wildman–Crippen MR) is 185 cm³/mol. The summed E-state index contributed by atoms with van der Waals surface area (Å²) in [5.74, 6) is 0. The minimum absolute atomic E-state index is 0.168. The van der Waals surface area contributed by atoms with E-state index in [1.54, 1.807) is 0 Å². The van der Waals surface area contributed by atoms with Crippen LogP contribution in [-0.4, -0.2) is 9.97 Å². The molecule has 7 aromatic carbocycles. The lowest BCUT2D eigenvalue weighted by Gasteiger charge is -2.22. The van der Waals surface area contributed by atoms with Gasteiger partial charge in [-0.25, -0.2) is 9.97 Å². The molecule has 3 nitrogen and oxygen atoms in total. The molecule has 0 bridgehead atoms. The molecule has 0 fully saturated rings.